The first-order valence-corrected chi connectivity index (χ1v) is 10.6. The Labute approximate surface area is 179 Å². The van der Waals surface area contributed by atoms with Crippen LogP contribution in [-0.4, -0.2) is 26.3 Å². The first-order chi connectivity index (χ1) is 14.0. The van der Waals surface area contributed by atoms with Crippen LogP contribution in [0.2, 0.25) is 10.0 Å². The molecule has 1 aromatic carbocycles. The minimum Gasteiger partial charge on any atom is -0.348 e. The second kappa shape index (κ2) is 8.30. The highest BCUT2D eigenvalue weighted by Gasteiger charge is 2.22. The molecule has 0 saturated heterocycles. The minimum atomic E-state index is -0.178. The monoisotopic (exact) mass is 431 g/mol. The van der Waals surface area contributed by atoms with Gasteiger partial charge < -0.3 is 11.1 Å². The first-order valence-electron chi connectivity index (χ1n) is 9.83. The van der Waals surface area contributed by atoms with E-state index in [-0.39, 0.29) is 18.5 Å². The molecule has 0 spiro atoms. The van der Waals surface area contributed by atoms with Gasteiger partial charge in [0.25, 0.3) is 5.91 Å². The third kappa shape index (κ3) is 3.97. The summed E-state index contributed by atoms with van der Waals surface area (Å²) in [5.74, 6) is 0.261. The number of hydrogen-bond donors (Lipinski definition) is 2. The topological polar surface area (TPSA) is 85.3 Å². The van der Waals surface area contributed by atoms with Gasteiger partial charge in [-0.25, -0.2) is 9.97 Å². The smallest absolute Gasteiger partial charge is 0.271 e. The lowest BCUT2D eigenvalue weighted by Gasteiger charge is -2.22. The third-order valence-corrected chi connectivity index (χ3v) is 6.03. The Hall–Kier alpha value is -2.15. The summed E-state index contributed by atoms with van der Waals surface area (Å²) < 4.78 is 1.79. The van der Waals surface area contributed by atoms with E-state index in [1.807, 2.05) is 13.0 Å². The Morgan fingerprint density at radius 2 is 2.00 bits per heavy atom. The minimum absolute atomic E-state index is 0.178. The number of fused-ring (bicyclic) bond motifs is 1. The molecule has 0 aliphatic heterocycles. The highest BCUT2D eigenvalue weighted by molar-refractivity contribution is 6.36. The number of nitrogens with zero attached hydrogens (tertiary/aromatic N) is 3. The van der Waals surface area contributed by atoms with Gasteiger partial charge in [-0.3, -0.25) is 9.20 Å². The molecular weight excluding hydrogens is 409 g/mol. The molecule has 0 unspecified atom stereocenters. The molecule has 2 heterocycles. The number of benzene rings is 1. The highest BCUT2D eigenvalue weighted by atomic mass is 35.5. The Morgan fingerprint density at radius 3 is 2.69 bits per heavy atom. The van der Waals surface area contributed by atoms with Crippen LogP contribution in [0.4, 0.5) is 0 Å². The summed E-state index contributed by atoms with van der Waals surface area (Å²) in [6, 6.07) is 5.52. The van der Waals surface area contributed by atoms with E-state index < -0.39 is 0 Å². The summed E-state index contributed by atoms with van der Waals surface area (Å²) in [4.78, 5) is 21.8. The first kappa shape index (κ1) is 20.1. The van der Waals surface area contributed by atoms with Crippen LogP contribution in [0.1, 0.15) is 53.8 Å². The maximum Gasteiger partial charge on any atom is 0.271 e. The maximum absolute atomic E-state index is 12.8. The fraction of sp³-hybridized carbons (Fsp3) is 0.381. The Balaban J connectivity index is 1.80. The molecule has 29 heavy (non-hydrogen) atoms. The van der Waals surface area contributed by atoms with E-state index in [9.17, 15) is 4.79 Å². The van der Waals surface area contributed by atoms with E-state index in [0.29, 0.717) is 21.5 Å². The number of carbonyl (C=O) groups is 1. The number of nitrogens with one attached hydrogen (secondary N) is 1. The van der Waals surface area contributed by atoms with Crippen LogP contribution in [0.3, 0.4) is 0 Å². The molecule has 0 bridgehead atoms. The summed E-state index contributed by atoms with van der Waals surface area (Å²) in [6.45, 7) is 2.16. The molecule has 1 saturated carbocycles. The van der Waals surface area contributed by atoms with Crippen molar-refractivity contribution in [3.05, 3.63) is 51.4 Å². The van der Waals surface area contributed by atoms with Gasteiger partial charge in [-0.2, -0.15) is 0 Å². The molecule has 3 N–H and O–H groups in total. The number of aromatic nitrogens is 3. The number of amides is 1. The van der Waals surface area contributed by atoms with Crippen LogP contribution in [-0.2, 0) is 6.54 Å². The molecule has 0 radical (unpaired) electrons. The molecule has 0 atom stereocenters. The normalized spacial score (nSPS) is 15.0. The van der Waals surface area contributed by atoms with E-state index in [1.165, 1.54) is 6.42 Å². The zero-order valence-electron chi connectivity index (χ0n) is 16.2. The molecular formula is C21H23Cl2N5O. The van der Waals surface area contributed by atoms with Gasteiger partial charge in [0.15, 0.2) is 0 Å². The van der Waals surface area contributed by atoms with Gasteiger partial charge in [-0.15, -0.1) is 0 Å². The van der Waals surface area contributed by atoms with E-state index >= 15 is 0 Å². The molecule has 8 heteroatoms. The molecule has 4 rings (SSSR count). The predicted octanol–water partition coefficient (Wildman–Crippen LogP) is 4.53. The fourth-order valence-corrected chi connectivity index (χ4v) is 4.48. The van der Waals surface area contributed by atoms with Gasteiger partial charge in [-0.1, -0.05) is 42.5 Å². The molecule has 1 aliphatic rings. The lowest BCUT2D eigenvalue weighted by Crippen LogP contribution is -2.36. The lowest BCUT2D eigenvalue weighted by molar-refractivity contribution is 0.0923. The SMILES string of the molecule is Cc1nc2nc(C(=O)NC3CCCCC3)cn2c(-c2ccc(Cl)cc2Cl)c1CN. The number of hydrogen-bond acceptors (Lipinski definition) is 4. The van der Waals surface area contributed by atoms with Crippen molar-refractivity contribution in [1.29, 1.82) is 0 Å². The van der Waals surface area contributed by atoms with Gasteiger partial charge in [0.05, 0.1) is 10.7 Å². The van der Waals surface area contributed by atoms with E-state index in [1.54, 1.807) is 22.7 Å². The number of imidazole rings is 1. The summed E-state index contributed by atoms with van der Waals surface area (Å²) in [5, 5.41) is 4.16. The predicted molar refractivity (Wildman–Crippen MR) is 115 cm³/mol. The average molecular weight is 432 g/mol. The van der Waals surface area contributed by atoms with Crippen molar-refractivity contribution in [1.82, 2.24) is 19.7 Å². The molecule has 1 aliphatic carbocycles. The van der Waals surface area contributed by atoms with Gasteiger partial charge in [0.1, 0.15) is 5.69 Å². The Morgan fingerprint density at radius 1 is 1.24 bits per heavy atom. The van der Waals surface area contributed by atoms with Crippen molar-refractivity contribution in [2.45, 2.75) is 51.6 Å². The summed E-state index contributed by atoms with van der Waals surface area (Å²) in [5.41, 5.74) is 9.51. The largest absolute Gasteiger partial charge is 0.348 e. The van der Waals surface area contributed by atoms with Crippen molar-refractivity contribution in [2.75, 3.05) is 0 Å². The number of aryl methyl sites for hydroxylation is 1. The van der Waals surface area contributed by atoms with Crippen molar-refractivity contribution < 1.29 is 4.79 Å². The van der Waals surface area contributed by atoms with Crippen LogP contribution in [0.15, 0.2) is 24.4 Å². The average Bonchev–Trinajstić information content (AvgIpc) is 3.12. The Bertz CT molecular complexity index is 1070. The molecule has 6 nitrogen and oxygen atoms in total. The molecule has 2 aromatic heterocycles. The number of carbonyl (C=O) groups excluding carboxylic acids is 1. The van der Waals surface area contributed by atoms with Crippen LogP contribution in [0.25, 0.3) is 17.0 Å². The maximum atomic E-state index is 12.8. The van der Waals surface area contributed by atoms with Crippen molar-refractivity contribution in [3.63, 3.8) is 0 Å². The van der Waals surface area contributed by atoms with Crippen LogP contribution in [0, 0.1) is 6.92 Å². The van der Waals surface area contributed by atoms with Crippen LogP contribution >= 0.6 is 23.2 Å². The quantitative estimate of drug-likeness (QED) is 0.634. The number of nitrogens with two attached hydrogens (primary N) is 1. The molecule has 152 valence electrons. The summed E-state index contributed by atoms with van der Waals surface area (Å²) in [6.07, 6.45) is 7.26. The van der Waals surface area contributed by atoms with Crippen molar-refractivity contribution in [3.8, 4) is 11.3 Å². The second-order valence-electron chi connectivity index (χ2n) is 7.46. The van der Waals surface area contributed by atoms with Gasteiger partial charge in [0.2, 0.25) is 5.78 Å². The van der Waals surface area contributed by atoms with E-state index in [4.69, 9.17) is 28.9 Å². The zero-order valence-corrected chi connectivity index (χ0v) is 17.7. The lowest BCUT2D eigenvalue weighted by atomic mass is 9.95. The zero-order chi connectivity index (χ0) is 20.5. The third-order valence-electron chi connectivity index (χ3n) is 5.48. The van der Waals surface area contributed by atoms with Crippen molar-refractivity contribution in [2.24, 2.45) is 5.73 Å². The highest BCUT2D eigenvalue weighted by Crippen LogP contribution is 2.34. The summed E-state index contributed by atoms with van der Waals surface area (Å²) >= 11 is 12.6. The molecule has 1 amide bonds. The van der Waals surface area contributed by atoms with Gasteiger partial charge >= 0.3 is 0 Å². The fourth-order valence-electron chi connectivity index (χ4n) is 3.98. The van der Waals surface area contributed by atoms with E-state index in [2.05, 4.69) is 15.3 Å². The van der Waals surface area contributed by atoms with E-state index in [0.717, 1.165) is 48.2 Å². The molecule has 1 fully saturated rings. The van der Waals surface area contributed by atoms with Crippen LogP contribution in [0.5, 0.6) is 0 Å². The number of rotatable bonds is 4. The standard InChI is InChI=1S/C21H23Cl2N5O/c1-12-16(10-24)19(15-8-7-13(22)9-17(15)23)28-11-18(27-21(28)25-12)20(29)26-14-5-3-2-4-6-14/h7-9,11,14H,2-6,10,24H2,1H3,(H,26,29). The second-order valence-corrected chi connectivity index (χ2v) is 8.30. The van der Waals surface area contributed by atoms with Gasteiger partial charge in [-0.05, 0) is 38.0 Å². The van der Waals surface area contributed by atoms with Gasteiger partial charge in [0, 0.05) is 40.6 Å². The summed E-state index contributed by atoms with van der Waals surface area (Å²) in [7, 11) is 0. The van der Waals surface area contributed by atoms with Crippen LogP contribution < -0.4 is 11.1 Å². The molecule has 3 aromatic rings. The number of halogens is 2. The Kier molecular flexibility index (Phi) is 5.76. The van der Waals surface area contributed by atoms with Crippen molar-refractivity contribution >= 4 is 34.9 Å².